The van der Waals surface area contributed by atoms with Gasteiger partial charge in [0.1, 0.15) is 11.8 Å². The zero-order chi connectivity index (χ0) is 27.9. The lowest BCUT2D eigenvalue weighted by Gasteiger charge is -2.19. The lowest BCUT2D eigenvalue weighted by Crippen LogP contribution is -2.28. The third kappa shape index (κ3) is 5.15. The summed E-state index contributed by atoms with van der Waals surface area (Å²) in [5, 5.41) is 3.19. The van der Waals surface area contributed by atoms with Crippen LogP contribution in [0.15, 0.2) is 40.3 Å². The minimum Gasteiger partial charge on any atom is -0.361 e. The molecule has 1 fully saturated rings. The molecule has 3 heterocycles. The first-order valence-corrected chi connectivity index (χ1v) is 15.1. The predicted octanol–water partition coefficient (Wildman–Crippen LogP) is 5.15. The molecule has 5 rings (SSSR count). The van der Waals surface area contributed by atoms with Crippen LogP contribution in [0, 0.1) is 18.6 Å². The monoisotopic (exact) mass is 546 g/mol. The molecule has 0 saturated heterocycles. The number of nitrogens with zero attached hydrogens (tertiary/aromatic N) is 6. The van der Waals surface area contributed by atoms with Crippen LogP contribution in [0.4, 0.5) is 5.82 Å². The molecule has 11 heteroatoms. The van der Waals surface area contributed by atoms with Crippen molar-refractivity contribution in [3.63, 3.8) is 0 Å². The van der Waals surface area contributed by atoms with Crippen molar-refractivity contribution in [2.45, 2.75) is 77.3 Å². The maximum atomic E-state index is 13.7. The Kier molecular flexibility index (Phi) is 7.19. The van der Waals surface area contributed by atoms with Gasteiger partial charge in [-0.15, -0.1) is 0 Å². The van der Waals surface area contributed by atoms with Gasteiger partial charge in [-0.05, 0) is 57.7 Å². The molecule has 10 nitrogen and oxygen atoms in total. The molecule has 1 aliphatic rings. The lowest BCUT2D eigenvalue weighted by molar-refractivity contribution is 0.526. The van der Waals surface area contributed by atoms with E-state index in [4.69, 9.17) is 14.7 Å². The first-order valence-electron chi connectivity index (χ1n) is 13.4. The standard InChI is InChI=1S/C28H34N8O2S/c1-6-16(3)36-27-23(18(5)33-25(35-27)22-17(4)31-15-32-24(22)20-10-11-20)34-26(28(36)37)30-14-19-8-12-21(13-9-19)39(29,38)7-2/h8-9,12-13,15-16,20,29H,6-7,10-11,14H2,1-5H3,(H,30,34)/t16-,39?/m1/s1. The topological polar surface area (TPSA) is 139 Å². The van der Waals surface area contributed by atoms with Crippen LogP contribution in [0.3, 0.4) is 0 Å². The smallest absolute Gasteiger partial charge is 0.295 e. The molecule has 39 heavy (non-hydrogen) atoms. The molecular formula is C28H34N8O2S. The molecule has 0 amide bonds. The minimum atomic E-state index is -2.77. The number of rotatable bonds is 9. The van der Waals surface area contributed by atoms with Crippen LogP contribution in [0.1, 0.15) is 74.6 Å². The summed E-state index contributed by atoms with van der Waals surface area (Å²) in [7, 11) is -2.77. The Morgan fingerprint density at radius 3 is 2.44 bits per heavy atom. The molecule has 0 aliphatic heterocycles. The molecule has 0 spiro atoms. The maximum absolute atomic E-state index is 13.7. The van der Waals surface area contributed by atoms with E-state index in [0.717, 1.165) is 41.8 Å². The van der Waals surface area contributed by atoms with Gasteiger partial charge in [-0.3, -0.25) is 9.36 Å². The van der Waals surface area contributed by atoms with E-state index in [-0.39, 0.29) is 23.2 Å². The van der Waals surface area contributed by atoms with Crippen molar-refractivity contribution in [2.75, 3.05) is 11.1 Å². The largest absolute Gasteiger partial charge is 0.361 e. The van der Waals surface area contributed by atoms with Gasteiger partial charge >= 0.3 is 0 Å². The Balaban J connectivity index is 1.57. The number of hydrogen-bond donors (Lipinski definition) is 2. The molecule has 1 saturated carbocycles. The molecule has 0 radical (unpaired) electrons. The summed E-state index contributed by atoms with van der Waals surface area (Å²) >= 11 is 0. The molecule has 2 N–H and O–H groups in total. The lowest BCUT2D eigenvalue weighted by atomic mass is 10.1. The fourth-order valence-corrected chi connectivity index (χ4v) is 5.56. The molecule has 1 aliphatic carbocycles. The second-order valence-electron chi connectivity index (χ2n) is 10.2. The van der Waals surface area contributed by atoms with Crippen LogP contribution in [-0.2, 0) is 16.3 Å². The van der Waals surface area contributed by atoms with Gasteiger partial charge in [0.05, 0.1) is 32.4 Å². The number of fused-ring (bicyclic) bond motifs is 1. The van der Waals surface area contributed by atoms with E-state index in [2.05, 4.69) is 20.3 Å². The van der Waals surface area contributed by atoms with Gasteiger partial charge in [-0.2, -0.15) is 0 Å². The molecular weight excluding hydrogens is 512 g/mol. The summed E-state index contributed by atoms with van der Waals surface area (Å²) in [6.45, 7) is 9.96. The molecule has 4 aromatic rings. The molecule has 2 atom stereocenters. The SMILES string of the molecule is CC[C@@H](C)n1c(=O)c(NCc2ccc(S(=N)(=O)CC)cc2)nc2c(C)nc(-c3c(C)ncnc3C3CC3)nc21. The van der Waals surface area contributed by atoms with Crippen molar-refractivity contribution in [3.05, 3.63) is 63.6 Å². The van der Waals surface area contributed by atoms with Crippen LogP contribution < -0.4 is 10.9 Å². The highest BCUT2D eigenvalue weighted by molar-refractivity contribution is 7.92. The van der Waals surface area contributed by atoms with Crippen molar-refractivity contribution in [1.82, 2.24) is 29.5 Å². The second kappa shape index (κ2) is 10.4. The molecule has 1 unspecified atom stereocenters. The highest BCUT2D eigenvalue weighted by Gasteiger charge is 2.30. The van der Waals surface area contributed by atoms with Gasteiger partial charge in [-0.1, -0.05) is 26.0 Å². The van der Waals surface area contributed by atoms with Gasteiger partial charge in [0.25, 0.3) is 5.56 Å². The van der Waals surface area contributed by atoms with Crippen molar-refractivity contribution < 1.29 is 4.21 Å². The Bertz CT molecular complexity index is 1710. The van der Waals surface area contributed by atoms with E-state index in [0.29, 0.717) is 40.0 Å². The number of benzene rings is 1. The van der Waals surface area contributed by atoms with Crippen molar-refractivity contribution in [1.29, 1.82) is 4.78 Å². The summed E-state index contributed by atoms with van der Waals surface area (Å²) in [6.07, 6.45) is 4.52. The van der Waals surface area contributed by atoms with Gasteiger partial charge < -0.3 is 5.32 Å². The number of aryl methyl sites for hydroxylation is 2. The summed E-state index contributed by atoms with van der Waals surface area (Å²) < 4.78 is 22.0. The van der Waals surface area contributed by atoms with Gasteiger partial charge in [0.15, 0.2) is 17.3 Å². The number of nitrogens with one attached hydrogen (secondary N) is 2. The second-order valence-corrected chi connectivity index (χ2v) is 12.6. The first kappa shape index (κ1) is 26.9. The fourth-order valence-electron chi connectivity index (χ4n) is 4.65. The van der Waals surface area contributed by atoms with Crippen LogP contribution >= 0.6 is 0 Å². The van der Waals surface area contributed by atoms with Crippen LogP contribution in [0.25, 0.3) is 22.6 Å². The molecule has 3 aromatic heterocycles. The van der Waals surface area contributed by atoms with E-state index in [1.54, 1.807) is 30.0 Å². The third-order valence-corrected chi connectivity index (χ3v) is 9.22. The van der Waals surface area contributed by atoms with Crippen molar-refractivity contribution in [3.8, 4) is 11.4 Å². The van der Waals surface area contributed by atoms with Gasteiger partial charge in [0, 0.05) is 29.2 Å². The molecule has 1 aromatic carbocycles. The summed E-state index contributed by atoms with van der Waals surface area (Å²) in [5.74, 6) is 1.41. The summed E-state index contributed by atoms with van der Waals surface area (Å²) in [5.41, 5.74) is 5.01. The maximum Gasteiger partial charge on any atom is 0.295 e. The van der Waals surface area contributed by atoms with Crippen LogP contribution in [0.2, 0.25) is 0 Å². The highest BCUT2D eigenvalue weighted by atomic mass is 32.2. The van der Waals surface area contributed by atoms with Gasteiger partial charge in [0.2, 0.25) is 0 Å². The van der Waals surface area contributed by atoms with E-state index in [9.17, 15) is 9.00 Å². The average Bonchev–Trinajstić information content (AvgIpc) is 3.77. The Hall–Kier alpha value is -3.73. The number of aromatic nitrogens is 6. The third-order valence-electron chi connectivity index (χ3n) is 7.37. The van der Waals surface area contributed by atoms with Crippen molar-refractivity contribution >= 4 is 26.7 Å². The first-order chi connectivity index (χ1) is 18.6. The Morgan fingerprint density at radius 2 is 1.79 bits per heavy atom. The number of anilines is 1. The van der Waals surface area contributed by atoms with E-state index in [1.165, 1.54) is 0 Å². The Morgan fingerprint density at radius 1 is 1.08 bits per heavy atom. The van der Waals surface area contributed by atoms with E-state index >= 15 is 0 Å². The van der Waals surface area contributed by atoms with E-state index in [1.807, 2.05) is 39.8 Å². The minimum absolute atomic E-state index is 0.111. The summed E-state index contributed by atoms with van der Waals surface area (Å²) in [6, 6.07) is 6.96. The summed E-state index contributed by atoms with van der Waals surface area (Å²) in [4.78, 5) is 37.6. The predicted molar refractivity (Wildman–Crippen MR) is 153 cm³/mol. The zero-order valence-electron chi connectivity index (χ0n) is 23.0. The quantitative estimate of drug-likeness (QED) is 0.294. The van der Waals surface area contributed by atoms with Crippen molar-refractivity contribution in [2.24, 2.45) is 0 Å². The zero-order valence-corrected chi connectivity index (χ0v) is 23.8. The van der Waals surface area contributed by atoms with E-state index < -0.39 is 9.73 Å². The van der Waals surface area contributed by atoms with Crippen LogP contribution in [-0.4, -0.2) is 39.4 Å². The normalized spacial score (nSPS) is 15.7. The van der Waals surface area contributed by atoms with Gasteiger partial charge in [-0.25, -0.2) is 33.9 Å². The molecule has 0 bridgehead atoms. The number of hydrogen-bond acceptors (Lipinski definition) is 9. The fraction of sp³-hybridized carbons (Fsp3) is 0.429. The average molecular weight is 547 g/mol. The molecule has 204 valence electrons. The highest BCUT2D eigenvalue weighted by Crippen LogP contribution is 2.43. The Labute approximate surface area is 228 Å². The van der Waals surface area contributed by atoms with Crippen LogP contribution in [0.5, 0.6) is 0 Å².